The van der Waals surface area contributed by atoms with Gasteiger partial charge >= 0.3 is 0 Å². The molecule has 1 aromatic heterocycles. The van der Waals surface area contributed by atoms with Gasteiger partial charge < -0.3 is 10.1 Å². The third-order valence-corrected chi connectivity index (χ3v) is 5.16. The van der Waals surface area contributed by atoms with Crippen LogP contribution < -0.4 is 0 Å². The Morgan fingerprint density at radius 3 is 2.82 bits per heavy atom. The van der Waals surface area contributed by atoms with Crippen LogP contribution in [-0.4, -0.2) is 25.9 Å². The SMILES string of the molecule is O=C1c2ccccc2C(O)(c2ccc3n[c][nH]c3c2)N1Cc1cccc(F)c1. The van der Waals surface area contributed by atoms with Crippen molar-refractivity contribution in [2.75, 3.05) is 0 Å². The molecule has 0 aliphatic carbocycles. The van der Waals surface area contributed by atoms with Gasteiger partial charge in [0.15, 0.2) is 12.1 Å². The van der Waals surface area contributed by atoms with Gasteiger partial charge in [0.2, 0.25) is 0 Å². The van der Waals surface area contributed by atoms with E-state index in [-0.39, 0.29) is 18.3 Å². The van der Waals surface area contributed by atoms with Crippen molar-refractivity contribution in [2.24, 2.45) is 0 Å². The zero-order valence-corrected chi connectivity index (χ0v) is 14.7. The van der Waals surface area contributed by atoms with Crippen LogP contribution in [0.5, 0.6) is 0 Å². The molecule has 1 atom stereocenters. The number of H-pyrrole nitrogens is 1. The van der Waals surface area contributed by atoms with Crippen molar-refractivity contribution >= 4 is 16.9 Å². The van der Waals surface area contributed by atoms with Crippen molar-refractivity contribution in [1.82, 2.24) is 14.9 Å². The molecule has 1 amide bonds. The molecule has 3 aromatic carbocycles. The van der Waals surface area contributed by atoms with E-state index in [0.717, 1.165) is 0 Å². The summed E-state index contributed by atoms with van der Waals surface area (Å²) < 4.78 is 13.7. The van der Waals surface area contributed by atoms with E-state index in [4.69, 9.17) is 0 Å². The maximum absolute atomic E-state index is 13.7. The largest absolute Gasteiger partial charge is 0.363 e. The number of hydrogen-bond donors (Lipinski definition) is 2. The first-order chi connectivity index (χ1) is 13.6. The van der Waals surface area contributed by atoms with Gasteiger partial charge in [-0.25, -0.2) is 9.37 Å². The third kappa shape index (κ3) is 2.35. The van der Waals surface area contributed by atoms with Gasteiger partial charge in [-0.3, -0.25) is 9.69 Å². The number of hydrogen-bond acceptors (Lipinski definition) is 3. The van der Waals surface area contributed by atoms with Crippen LogP contribution in [0.15, 0.2) is 66.7 Å². The molecule has 1 aliphatic rings. The summed E-state index contributed by atoms with van der Waals surface area (Å²) >= 11 is 0. The van der Waals surface area contributed by atoms with Crippen LogP contribution >= 0.6 is 0 Å². The normalized spacial score (nSPS) is 18.6. The standard InChI is InChI=1S/C22H15FN3O2/c23-16-5-3-4-14(10-16)12-26-21(27)17-6-1-2-7-18(17)22(26,28)15-8-9-19-20(11-15)25-13-24-19/h1-11,28H,12H2,(H,24,25). The van der Waals surface area contributed by atoms with E-state index >= 15 is 0 Å². The number of fused-ring (bicyclic) bond motifs is 2. The molecule has 1 aliphatic heterocycles. The molecule has 6 heteroatoms. The summed E-state index contributed by atoms with van der Waals surface area (Å²) in [5.41, 5.74) is 1.77. The first-order valence-electron chi connectivity index (χ1n) is 8.82. The summed E-state index contributed by atoms with van der Waals surface area (Å²) in [5.74, 6) is -0.696. The average molecular weight is 372 g/mol. The Morgan fingerprint density at radius 2 is 1.96 bits per heavy atom. The second kappa shape index (κ2) is 6.00. The zero-order chi connectivity index (χ0) is 19.3. The second-order valence-corrected chi connectivity index (χ2v) is 6.82. The van der Waals surface area contributed by atoms with Gasteiger partial charge in [0, 0.05) is 23.2 Å². The van der Waals surface area contributed by atoms with Gasteiger partial charge in [-0.2, -0.15) is 0 Å². The summed E-state index contributed by atoms with van der Waals surface area (Å²) in [4.78, 5) is 21.5. The number of nitrogens with one attached hydrogen (secondary N) is 1. The molecule has 0 bridgehead atoms. The molecule has 28 heavy (non-hydrogen) atoms. The number of rotatable bonds is 3. The van der Waals surface area contributed by atoms with E-state index in [2.05, 4.69) is 16.3 Å². The maximum atomic E-state index is 13.7. The third-order valence-electron chi connectivity index (χ3n) is 5.16. The molecule has 2 heterocycles. The number of amides is 1. The number of carbonyl (C=O) groups is 1. The predicted octanol–water partition coefficient (Wildman–Crippen LogP) is 3.35. The molecule has 5 rings (SSSR count). The van der Waals surface area contributed by atoms with Crippen LogP contribution in [-0.2, 0) is 12.3 Å². The molecule has 0 saturated carbocycles. The van der Waals surface area contributed by atoms with Gasteiger partial charge in [0.05, 0.1) is 11.0 Å². The van der Waals surface area contributed by atoms with Gasteiger partial charge in [-0.1, -0.05) is 36.4 Å². The Hall–Kier alpha value is -3.51. The molecule has 0 fully saturated rings. The predicted molar refractivity (Wildman–Crippen MR) is 101 cm³/mol. The van der Waals surface area contributed by atoms with Gasteiger partial charge in [-0.15, -0.1) is 0 Å². The van der Waals surface area contributed by atoms with E-state index in [9.17, 15) is 14.3 Å². The molecule has 2 N–H and O–H groups in total. The Morgan fingerprint density at radius 1 is 1.11 bits per heavy atom. The lowest BCUT2D eigenvalue weighted by molar-refractivity contribution is -0.0542. The van der Waals surface area contributed by atoms with Crippen LogP contribution in [0, 0.1) is 12.1 Å². The zero-order valence-electron chi connectivity index (χ0n) is 14.7. The molecule has 1 radical (unpaired) electrons. The molecular weight excluding hydrogens is 357 g/mol. The Labute approximate surface area is 160 Å². The van der Waals surface area contributed by atoms with Crippen LogP contribution in [0.4, 0.5) is 4.39 Å². The number of carbonyl (C=O) groups excluding carboxylic acids is 1. The fourth-order valence-electron chi connectivity index (χ4n) is 3.83. The molecule has 1 unspecified atom stereocenters. The highest BCUT2D eigenvalue weighted by Crippen LogP contribution is 2.43. The summed E-state index contributed by atoms with van der Waals surface area (Å²) in [6, 6.07) is 18.3. The van der Waals surface area contributed by atoms with E-state index < -0.39 is 5.72 Å². The highest BCUT2D eigenvalue weighted by atomic mass is 19.1. The number of aliphatic hydroxyl groups is 1. The minimum Gasteiger partial charge on any atom is -0.363 e. The fourth-order valence-corrected chi connectivity index (χ4v) is 3.83. The van der Waals surface area contributed by atoms with Crippen LogP contribution in [0.25, 0.3) is 11.0 Å². The van der Waals surface area contributed by atoms with Gasteiger partial charge in [0.25, 0.3) is 5.91 Å². The van der Waals surface area contributed by atoms with Crippen molar-refractivity contribution in [3.05, 3.63) is 101 Å². The minimum absolute atomic E-state index is 0.0644. The number of nitrogens with zero attached hydrogens (tertiary/aromatic N) is 2. The van der Waals surface area contributed by atoms with Crippen molar-refractivity contribution in [3.8, 4) is 0 Å². The average Bonchev–Trinajstić information content (AvgIpc) is 3.26. The molecule has 137 valence electrons. The Kier molecular flexibility index (Phi) is 3.57. The lowest BCUT2D eigenvalue weighted by Crippen LogP contribution is -2.44. The number of benzene rings is 3. The van der Waals surface area contributed by atoms with Crippen molar-refractivity contribution in [2.45, 2.75) is 12.3 Å². The van der Waals surface area contributed by atoms with E-state index in [1.54, 1.807) is 54.6 Å². The summed E-state index contributed by atoms with van der Waals surface area (Å²) in [7, 11) is 0. The number of imidazole rings is 1. The van der Waals surface area contributed by atoms with E-state index in [1.165, 1.54) is 17.0 Å². The van der Waals surface area contributed by atoms with Crippen molar-refractivity contribution in [1.29, 1.82) is 0 Å². The monoisotopic (exact) mass is 372 g/mol. The van der Waals surface area contributed by atoms with Crippen molar-refractivity contribution in [3.63, 3.8) is 0 Å². The first-order valence-corrected chi connectivity index (χ1v) is 8.82. The van der Waals surface area contributed by atoms with Gasteiger partial charge in [0.1, 0.15) is 5.82 Å². The lowest BCUT2D eigenvalue weighted by Gasteiger charge is -2.35. The van der Waals surface area contributed by atoms with Crippen molar-refractivity contribution < 1.29 is 14.3 Å². The topological polar surface area (TPSA) is 69.2 Å². The molecular formula is C22H15FN3O2. The second-order valence-electron chi connectivity index (χ2n) is 6.82. The van der Waals surface area contributed by atoms with E-state index in [0.29, 0.717) is 33.3 Å². The summed E-state index contributed by atoms with van der Waals surface area (Å²) in [6.45, 7) is 0.0644. The molecule has 5 nitrogen and oxygen atoms in total. The Balaban J connectivity index is 1.69. The Bertz CT molecular complexity index is 1220. The first kappa shape index (κ1) is 16.6. The molecule has 0 spiro atoms. The smallest absolute Gasteiger partial charge is 0.257 e. The minimum atomic E-state index is -1.68. The summed E-state index contributed by atoms with van der Waals surface area (Å²) in [6.07, 6.45) is 2.67. The fraction of sp³-hybridized carbons (Fsp3) is 0.0909. The van der Waals surface area contributed by atoms with Gasteiger partial charge in [-0.05, 0) is 35.9 Å². The molecule has 4 aromatic rings. The van der Waals surface area contributed by atoms with Crippen LogP contribution in [0.2, 0.25) is 0 Å². The highest BCUT2D eigenvalue weighted by Gasteiger charge is 2.49. The van der Waals surface area contributed by atoms with Crippen LogP contribution in [0.3, 0.4) is 0 Å². The summed E-state index contributed by atoms with van der Waals surface area (Å²) in [5, 5.41) is 11.8. The molecule has 0 saturated heterocycles. The van der Waals surface area contributed by atoms with Crippen LogP contribution in [0.1, 0.15) is 27.0 Å². The van der Waals surface area contributed by atoms with E-state index in [1.807, 2.05) is 0 Å². The lowest BCUT2D eigenvalue weighted by atomic mass is 9.93. The quantitative estimate of drug-likeness (QED) is 0.579. The maximum Gasteiger partial charge on any atom is 0.257 e. The number of aromatic amines is 1. The number of aromatic nitrogens is 2. The highest BCUT2D eigenvalue weighted by molar-refractivity contribution is 6.00. The number of halogens is 1.